The highest BCUT2D eigenvalue weighted by Crippen LogP contribution is 2.33. The summed E-state index contributed by atoms with van der Waals surface area (Å²) >= 11 is 0. The van der Waals surface area contributed by atoms with Crippen molar-refractivity contribution in [1.82, 2.24) is 4.57 Å². The van der Waals surface area contributed by atoms with E-state index in [4.69, 9.17) is 0 Å². The molecule has 3 aromatic rings. The van der Waals surface area contributed by atoms with E-state index in [0.717, 1.165) is 5.56 Å². The molecule has 0 radical (unpaired) electrons. The smallest absolute Gasteiger partial charge is 0.273 e. The number of Topliss-reactive ketones (excluding diaryl/α,β-unsaturated/α-hetero) is 1. The number of carbonyl (C=O) groups is 1. The molecule has 0 unspecified atom stereocenters. The number of pyridine rings is 1. The minimum Gasteiger partial charge on any atom is -0.294 e. The lowest BCUT2D eigenvalue weighted by Crippen LogP contribution is -2.31. The largest absolute Gasteiger partial charge is 0.294 e. The van der Waals surface area contributed by atoms with E-state index in [1.54, 1.807) is 6.07 Å². The molecular weight excluding hydrogens is 343 g/mol. The zero-order chi connectivity index (χ0) is 19.0. The number of aromatic nitrogens is 1. The summed E-state index contributed by atoms with van der Waals surface area (Å²) in [4.78, 5) is 25.6. The number of hydrogen-bond acceptors (Lipinski definition) is 3. The van der Waals surface area contributed by atoms with Crippen molar-refractivity contribution in [3.05, 3.63) is 99.2 Å². The van der Waals surface area contributed by atoms with Crippen molar-refractivity contribution in [2.24, 2.45) is 0 Å². The van der Waals surface area contributed by atoms with Gasteiger partial charge >= 0.3 is 0 Å². The zero-order valence-corrected chi connectivity index (χ0v) is 14.4. The number of nitriles is 1. The van der Waals surface area contributed by atoms with Crippen molar-refractivity contribution in [2.75, 3.05) is 0 Å². The summed E-state index contributed by atoms with van der Waals surface area (Å²) in [6.07, 6.45) is 0.770. The second kappa shape index (κ2) is 6.65. The minimum absolute atomic E-state index is 0.0710. The molecule has 0 fully saturated rings. The third-order valence-corrected chi connectivity index (χ3v) is 4.93. The molecule has 2 aromatic carbocycles. The van der Waals surface area contributed by atoms with Crippen LogP contribution in [0.15, 0.2) is 65.5 Å². The number of hydrogen-bond donors (Lipinski definition) is 0. The maximum atomic E-state index is 13.8. The Morgan fingerprint density at radius 3 is 2.48 bits per heavy atom. The molecule has 0 aliphatic heterocycles. The number of ketones is 1. The first-order valence-corrected chi connectivity index (χ1v) is 8.61. The van der Waals surface area contributed by atoms with Gasteiger partial charge in [0, 0.05) is 17.7 Å². The van der Waals surface area contributed by atoms with Gasteiger partial charge in [0.05, 0.1) is 5.69 Å². The van der Waals surface area contributed by atoms with Gasteiger partial charge in [-0.3, -0.25) is 14.2 Å². The molecule has 0 spiro atoms. The van der Waals surface area contributed by atoms with E-state index >= 15 is 0 Å². The van der Waals surface area contributed by atoms with Gasteiger partial charge in [0.15, 0.2) is 5.78 Å². The van der Waals surface area contributed by atoms with Crippen LogP contribution in [0.2, 0.25) is 0 Å². The van der Waals surface area contributed by atoms with E-state index in [9.17, 15) is 19.2 Å². The molecule has 1 heterocycles. The highest BCUT2D eigenvalue weighted by molar-refractivity contribution is 5.99. The lowest BCUT2D eigenvalue weighted by molar-refractivity contribution is 0.0962. The number of rotatable bonds is 2. The van der Waals surface area contributed by atoms with Gasteiger partial charge in [-0.05, 0) is 42.2 Å². The second-order valence-electron chi connectivity index (χ2n) is 6.59. The van der Waals surface area contributed by atoms with Gasteiger partial charge < -0.3 is 0 Å². The van der Waals surface area contributed by atoms with Crippen LogP contribution in [-0.4, -0.2) is 10.4 Å². The molecule has 27 heavy (non-hydrogen) atoms. The van der Waals surface area contributed by atoms with Crippen LogP contribution >= 0.6 is 0 Å². The molecule has 132 valence electrons. The van der Waals surface area contributed by atoms with E-state index in [0.29, 0.717) is 29.8 Å². The van der Waals surface area contributed by atoms with Crippen LogP contribution in [0.5, 0.6) is 0 Å². The van der Waals surface area contributed by atoms with Gasteiger partial charge in [-0.15, -0.1) is 0 Å². The third-order valence-electron chi connectivity index (χ3n) is 4.93. The Hall–Kier alpha value is -3.52. The van der Waals surface area contributed by atoms with Gasteiger partial charge in [0.2, 0.25) is 0 Å². The lowest BCUT2D eigenvalue weighted by atomic mass is 9.81. The summed E-state index contributed by atoms with van der Waals surface area (Å²) in [5.41, 5.74) is 1.55. The van der Waals surface area contributed by atoms with Crippen molar-refractivity contribution in [2.45, 2.75) is 18.8 Å². The number of carbonyl (C=O) groups excluding carboxylic acids is 1. The SMILES string of the molecule is N#Cc1cc2c(n(-c3cccc(F)c3)c1=O)C[C@H](c1ccccc1)CC2=O. The van der Waals surface area contributed by atoms with E-state index in [1.165, 1.54) is 28.8 Å². The fourth-order valence-electron chi connectivity index (χ4n) is 3.66. The molecule has 4 rings (SSSR count). The summed E-state index contributed by atoms with van der Waals surface area (Å²) in [7, 11) is 0. The van der Waals surface area contributed by atoms with Crippen LogP contribution < -0.4 is 5.56 Å². The van der Waals surface area contributed by atoms with Crippen molar-refractivity contribution in [3.63, 3.8) is 0 Å². The van der Waals surface area contributed by atoms with Gasteiger partial charge in [0.25, 0.3) is 5.56 Å². The summed E-state index contributed by atoms with van der Waals surface area (Å²) in [6.45, 7) is 0. The molecule has 0 saturated carbocycles. The highest BCUT2D eigenvalue weighted by Gasteiger charge is 2.30. The zero-order valence-electron chi connectivity index (χ0n) is 14.4. The summed E-state index contributed by atoms with van der Waals surface area (Å²) < 4.78 is 15.1. The van der Waals surface area contributed by atoms with Crippen molar-refractivity contribution >= 4 is 5.78 Å². The Balaban J connectivity index is 1.95. The number of fused-ring (bicyclic) bond motifs is 1. The van der Waals surface area contributed by atoms with Gasteiger partial charge in [0.1, 0.15) is 17.4 Å². The third kappa shape index (κ3) is 2.96. The van der Waals surface area contributed by atoms with Gasteiger partial charge in [-0.1, -0.05) is 36.4 Å². The Bertz CT molecular complexity index is 1140. The Kier molecular flexibility index (Phi) is 4.17. The van der Waals surface area contributed by atoms with Crippen molar-refractivity contribution in [1.29, 1.82) is 5.26 Å². The lowest BCUT2D eigenvalue weighted by Gasteiger charge is -2.27. The quantitative estimate of drug-likeness (QED) is 0.701. The topological polar surface area (TPSA) is 62.9 Å². The van der Waals surface area contributed by atoms with E-state index < -0.39 is 11.4 Å². The van der Waals surface area contributed by atoms with Crippen LogP contribution in [0, 0.1) is 17.1 Å². The normalized spacial score (nSPS) is 15.9. The number of benzene rings is 2. The number of halogens is 1. The van der Waals surface area contributed by atoms with Crippen LogP contribution in [0.1, 0.15) is 39.5 Å². The molecule has 1 aromatic heterocycles. The fraction of sp³-hybridized carbons (Fsp3) is 0.136. The summed E-state index contributed by atoms with van der Waals surface area (Å²) in [5.74, 6) is -0.678. The Morgan fingerprint density at radius 1 is 1.00 bits per heavy atom. The molecule has 1 aliphatic rings. The number of nitrogens with zero attached hydrogens (tertiary/aromatic N) is 2. The molecular formula is C22H15FN2O2. The maximum absolute atomic E-state index is 13.8. The van der Waals surface area contributed by atoms with E-state index in [-0.39, 0.29) is 17.3 Å². The molecule has 0 amide bonds. The molecule has 0 bridgehead atoms. The average Bonchev–Trinajstić information content (AvgIpc) is 2.68. The predicted octanol–water partition coefficient (Wildman–Crippen LogP) is 3.76. The molecule has 5 heteroatoms. The molecule has 0 saturated heterocycles. The first-order valence-electron chi connectivity index (χ1n) is 8.61. The second-order valence-corrected chi connectivity index (χ2v) is 6.59. The maximum Gasteiger partial charge on any atom is 0.273 e. The van der Waals surface area contributed by atoms with Crippen LogP contribution in [0.3, 0.4) is 0 Å². The summed E-state index contributed by atoms with van der Waals surface area (Å²) in [6, 6.07) is 18.5. The van der Waals surface area contributed by atoms with E-state index in [1.807, 2.05) is 36.4 Å². The Morgan fingerprint density at radius 2 is 1.78 bits per heavy atom. The van der Waals surface area contributed by atoms with Crippen molar-refractivity contribution in [3.8, 4) is 11.8 Å². The average molecular weight is 358 g/mol. The standard InChI is InChI=1S/C22H15FN2O2/c23-17-7-4-8-18(12-17)25-20-10-15(14-5-2-1-3-6-14)11-21(26)19(20)9-16(13-24)22(25)27/h1-9,12,15H,10-11H2/t15-/m0/s1. The van der Waals surface area contributed by atoms with Crippen LogP contribution in [-0.2, 0) is 6.42 Å². The fourth-order valence-corrected chi connectivity index (χ4v) is 3.66. The monoisotopic (exact) mass is 358 g/mol. The molecule has 4 nitrogen and oxygen atoms in total. The van der Waals surface area contributed by atoms with Crippen molar-refractivity contribution < 1.29 is 9.18 Å². The Labute approximate surface area is 155 Å². The van der Waals surface area contributed by atoms with E-state index in [2.05, 4.69) is 0 Å². The van der Waals surface area contributed by atoms with Gasteiger partial charge in [-0.2, -0.15) is 5.26 Å². The minimum atomic E-state index is -0.539. The molecule has 1 atom stereocenters. The highest BCUT2D eigenvalue weighted by atomic mass is 19.1. The molecule has 0 N–H and O–H groups in total. The first-order chi connectivity index (χ1) is 13.1. The summed E-state index contributed by atoms with van der Waals surface area (Å²) in [5, 5.41) is 9.31. The van der Waals surface area contributed by atoms with Gasteiger partial charge in [-0.25, -0.2) is 4.39 Å². The predicted molar refractivity (Wildman–Crippen MR) is 98.5 cm³/mol. The molecule has 1 aliphatic carbocycles. The van der Waals surface area contributed by atoms with Crippen LogP contribution in [0.4, 0.5) is 4.39 Å². The van der Waals surface area contributed by atoms with Crippen LogP contribution in [0.25, 0.3) is 5.69 Å². The first kappa shape index (κ1) is 16.9.